The van der Waals surface area contributed by atoms with Crippen molar-refractivity contribution in [1.82, 2.24) is 0 Å². The van der Waals surface area contributed by atoms with Gasteiger partial charge in [-0.15, -0.1) is 69.6 Å². The number of hydrogen-bond acceptors (Lipinski definition) is 0. The molecule has 0 nitrogen and oxygen atoms in total. The molecule has 18 heavy (non-hydrogen) atoms. The molecular formula is C12H16Cl6. The van der Waals surface area contributed by atoms with Gasteiger partial charge in [-0.25, -0.2) is 0 Å². The average Bonchev–Trinajstić information content (AvgIpc) is 2.32. The highest BCUT2D eigenvalue weighted by atomic mass is 35.5. The zero-order chi connectivity index (χ0) is 13.4. The molecule has 0 radical (unpaired) electrons. The van der Waals surface area contributed by atoms with E-state index in [1.54, 1.807) is 0 Å². The van der Waals surface area contributed by atoms with Crippen LogP contribution in [-0.2, 0) is 0 Å². The second-order valence-corrected chi connectivity index (χ2v) is 8.58. The Hall–Kier alpha value is 1.74. The molecule has 0 bridgehead atoms. The quantitative estimate of drug-likeness (QED) is 0.537. The Morgan fingerprint density at radius 3 is 1.78 bits per heavy atom. The molecule has 2 saturated carbocycles. The summed E-state index contributed by atoms with van der Waals surface area (Å²) in [5.41, 5.74) is 0. The van der Waals surface area contributed by atoms with Crippen LogP contribution in [-0.4, -0.2) is 32.3 Å². The van der Waals surface area contributed by atoms with E-state index >= 15 is 0 Å². The molecule has 8 unspecified atom stereocenters. The lowest BCUT2D eigenvalue weighted by molar-refractivity contribution is 0.211. The lowest BCUT2D eigenvalue weighted by atomic mass is 9.72. The Morgan fingerprint density at radius 1 is 0.500 bits per heavy atom. The van der Waals surface area contributed by atoms with Crippen LogP contribution in [0.5, 0.6) is 0 Å². The summed E-state index contributed by atoms with van der Waals surface area (Å²) < 4.78 is 0. The molecule has 0 spiro atoms. The first kappa shape index (κ1) is 16.1. The van der Waals surface area contributed by atoms with Crippen molar-refractivity contribution in [3.8, 4) is 0 Å². The van der Waals surface area contributed by atoms with Crippen molar-refractivity contribution in [2.45, 2.75) is 57.9 Å². The van der Waals surface area contributed by atoms with Crippen LogP contribution < -0.4 is 0 Å². The molecule has 0 heterocycles. The molecule has 8 atom stereocenters. The van der Waals surface area contributed by atoms with Gasteiger partial charge in [0.25, 0.3) is 0 Å². The second kappa shape index (κ2) is 6.67. The van der Waals surface area contributed by atoms with Crippen LogP contribution in [0, 0.1) is 11.8 Å². The van der Waals surface area contributed by atoms with E-state index in [0.29, 0.717) is 0 Å². The van der Waals surface area contributed by atoms with Gasteiger partial charge < -0.3 is 0 Å². The van der Waals surface area contributed by atoms with Gasteiger partial charge in [-0.2, -0.15) is 0 Å². The molecule has 2 rings (SSSR count). The van der Waals surface area contributed by atoms with E-state index in [0.717, 1.165) is 25.7 Å². The average molecular weight is 373 g/mol. The van der Waals surface area contributed by atoms with Gasteiger partial charge in [0.2, 0.25) is 0 Å². The van der Waals surface area contributed by atoms with E-state index in [9.17, 15) is 0 Å². The molecule has 6 heteroatoms. The minimum Gasteiger partial charge on any atom is -0.123 e. The smallest absolute Gasteiger partial charge is 0.0665 e. The first-order valence-electron chi connectivity index (χ1n) is 6.26. The summed E-state index contributed by atoms with van der Waals surface area (Å²) in [7, 11) is 0. The van der Waals surface area contributed by atoms with Crippen molar-refractivity contribution in [2.24, 2.45) is 11.8 Å². The molecule has 0 saturated heterocycles. The molecule has 106 valence electrons. The van der Waals surface area contributed by atoms with Crippen molar-refractivity contribution in [3.63, 3.8) is 0 Å². The number of halogens is 6. The van der Waals surface area contributed by atoms with Gasteiger partial charge in [0.05, 0.1) is 26.9 Å². The van der Waals surface area contributed by atoms with Crippen molar-refractivity contribution >= 4 is 69.6 Å². The van der Waals surface area contributed by atoms with Gasteiger partial charge in [-0.1, -0.05) is 0 Å². The molecule has 0 aromatic heterocycles. The third-order valence-electron chi connectivity index (χ3n) is 4.19. The van der Waals surface area contributed by atoms with E-state index < -0.39 is 0 Å². The summed E-state index contributed by atoms with van der Waals surface area (Å²) in [6, 6.07) is 0. The van der Waals surface area contributed by atoms with Crippen molar-refractivity contribution in [1.29, 1.82) is 0 Å². The van der Waals surface area contributed by atoms with E-state index in [2.05, 4.69) is 0 Å². The molecular weight excluding hydrogens is 357 g/mol. The van der Waals surface area contributed by atoms with Crippen LogP contribution in [0.3, 0.4) is 0 Å². The standard InChI is InChI=1S/C12H16Cl6/c13-7-2-1-5(11(17)12(7)18)6-3-9(15)10(16)4-8(6)14/h5-12H,1-4H2. The first-order valence-corrected chi connectivity index (χ1v) is 8.88. The van der Waals surface area contributed by atoms with Gasteiger partial charge in [-0.3, -0.25) is 0 Å². The van der Waals surface area contributed by atoms with E-state index in [-0.39, 0.29) is 44.1 Å². The molecule has 0 N–H and O–H groups in total. The maximum Gasteiger partial charge on any atom is 0.0665 e. The predicted octanol–water partition coefficient (Wildman–Crippen LogP) is 5.45. The highest BCUT2D eigenvalue weighted by Crippen LogP contribution is 2.46. The fraction of sp³-hybridized carbons (Fsp3) is 1.00. The van der Waals surface area contributed by atoms with Crippen LogP contribution in [0.15, 0.2) is 0 Å². The summed E-state index contributed by atoms with van der Waals surface area (Å²) in [4.78, 5) is 0. The van der Waals surface area contributed by atoms with Crippen LogP contribution in [0.2, 0.25) is 0 Å². The normalized spacial score (nSPS) is 54.3. The van der Waals surface area contributed by atoms with Crippen molar-refractivity contribution < 1.29 is 0 Å². The second-order valence-electron chi connectivity index (χ2n) is 5.33. The first-order chi connectivity index (χ1) is 8.41. The zero-order valence-corrected chi connectivity index (χ0v) is 14.3. The minimum absolute atomic E-state index is 0.0296. The lowest BCUT2D eigenvalue weighted by Crippen LogP contribution is -2.46. The third-order valence-corrected chi connectivity index (χ3v) is 7.70. The highest BCUT2D eigenvalue weighted by molar-refractivity contribution is 6.35. The predicted molar refractivity (Wildman–Crippen MR) is 83.3 cm³/mol. The Bertz CT molecular complexity index is 286. The monoisotopic (exact) mass is 370 g/mol. The summed E-state index contributed by atoms with van der Waals surface area (Å²) in [5.74, 6) is 0.578. The van der Waals surface area contributed by atoms with Gasteiger partial charge in [-0.05, 0) is 37.5 Å². The van der Waals surface area contributed by atoms with Crippen LogP contribution in [0.25, 0.3) is 0 Å². The summed E-state index contributed by atoms with van der Waals surface area (Å²) in [6.07, 6.45) is 3.41. The summed E-state index contributed by atoms with van der Waals surface area (Å²) in [6.45, 7) is 0. The summed E-state index contributed by atoms with van der Waals surface area (Å²) >= 11 is 37.8. The topological polar surface area (TPSA) is 0 Å². The number of alkyl halides is 6. The Kier molecular flexibility index (Phi) is 5.97. The maximum absolute atomic E-state index is 6.46. The summed E-state index contributed by atoms with van der Waals surface area (Å²) in [5, 5.41) is -0.420. The number of rotatable bonds is 1. The van der Waals surface area contributed by atoms with Gasteiger partial charge in [0.15, 0.2) is 0 Å². The molecule has 2 fully saturated rings. The highest BCUT2D eigenvalue weighted by Gasteiger charge is 2.45. The van der Waals surface area contributed by atoms with Crippen molar-refractivity contribution in [2.75, 3.05) is 0 Å². The third kappa shape index (κ3) is 3.31. The molecule has 2 aliphatic carbocycles. The van der Waals surface area contributed by atoms with Crippen LogP contribution in [0.4, 0.5) is 0 Å². The lowest BCUT2D eigenvalue weighted by Gasteiger charge is -2.44. The maximum atomic E-state index is 6.46. The Labute approximate surface area is 139 Å². The molecule has 0 amide bonds. The van der Waals surface area contributed by atoms with Gasteiger partial charge in [0.1, 0.15) is 0 Å². The van der Waals surface area contributed by atoms with Crippen molar-refractivity contribution in [3.05, 3.63) is 0 Å². The molecule has 0 aromatic carbocycles. The van der Waals surface area contributed by atoms with E-state index in [1.807, 2.05) is 0 Å². The van der Waals surface area contributed by atoms with E-state index in [4.69, 9.17) is 69.6 Å². The van der Waals surface area contributed by atoms with E-state index in [1.165, 1.54) is 0 Å². The molecule has 0 aromatic rings. The zero-order valence-electron chi connectivity index (χ0n) is 9.72. The largest absolute Gasteiger partial charge is 0.123 e. The minimum atomic E-state index is -0.196. The molecule has 2 aliphatic rings. The number of hydrogen-bond donors (Lipinski definition) is 0. The fourth-order valence-corrected chi connectivity index (χ4v) is 5.43. The molecule has 0 aliphatic heterocycles. The Balaban J connectivity index is 2.06. The SMILES string of the molecule is ClC1CC(Cl)C(C2CCC(Cl)C(Cl)C2Cl)CC1Cl. The van der Waals surface area contributed by atoms with Crippen LogP contribution in [0.1, 0.15) is 25.7 Å². The van der Waals surface area contributed by atoms with Gasteiger partial charge in [0, 0.05) is 5.38 Å². The Morgan fingerprint density at radius 2 is 1.11 bits per heavy atom. The fourth-order valence-electron chi connectivity index (χ4n) is 3.09. The van der Waals surface area contributed by atoms with Crippen LogP contribution >= 0.6 is 69.6 Å². The van der Waals surface area contributed by atoms with Gasteiger partial charge >= 0.3 is 0 Å².